The number of nitrogens with one attached hydrogen (secondary N) is 1. The number of nitrogens with zero attached hydrogens (tertiary/aromatic N) is 1. The van der Waals surface area contributed by atoms with Crippen LogP contribution in [0.3, 0.4) is 0 Å². The van der Waals surface area contributed by atoms with Crippen LogP contribution in [0.1, 0.15) is 24.8 Å². The third kappa shape index (κ3) is 3.81. The molecule has 1 saturated carbocycles. The monoisotopic (exact) mass is 344 g/mol. The molecule has 1 aromatic carbocycles. The third-order valence-corrected chi connectivity index (χ3v) is 4.27. The molecule has 25 heavy (non-hydrogen) atoms. The van der Waals surface area contributed by atoms with Gasteiger partial charge < -0.3 is 14.4 Å². The number of amides is 3. The van der Waals surface area contributed by atoms with Crippen molar-refractivity contribution in [3.8, 4) is 11.5 Å². The number of ether oxygens (including phenoxy) is 2. The zero-order valence-electron chi connectivity index (χ0n) is 14.2. The number of hydrogen-bond donors (Lipinski definition) is 1. The molecule has 0 radical (unpaired) electrons. The highest BCUT2D eigenvalue weighted by molar-refractivity contribution is 6.08. The summed E-state index contributed by atoms with van der Waals surface area (Å²) in [5.41, 5.74) is 0.743. The first-order chi connectivity index (χ1) is 12.0. The summed E-state index contributed by atoms with van der Waals surface area (Å²) in [4.78, 5) is 37.5. The first-order valence-corrected chi connectivity index (χ1v) is 8.09. The van der Waals surface area contributed by atoms with Crippen LogP contribution in [0.25, 0.3) is 6.08 Å². The van der Waals surface area contributed by atoms with Crippen molar-refractivity contribution in [2.45, 2.75) is 31.3 Å². The van der Waals surface area contributed by atoms with E-state index in [1.807, 2.05) is 0 Å². The molecule has 1 aliphatic carbocycles. The second-order valence-corrected chi connectivity index (χ2v) is 6.09. The second-order valence-electron chi connectivity index (χ2n) is 6.09. The van der Waals surface area contributed by atoms with Crippen LogP contribution in [0.15, 0.2) is 24.3 Å². The summed E-state index contributed by atoms with van der Waals surface area (Å²) in [6.07, 6.45) is 4.80. The molecule has 1 heterocycles. The van der Waals surface area contributed by atoms with E-state index in [1.165, 1.54) is 11.0 Å². The van der Waals surface area contributed by atoms with Crippen LogP contribution in [0.2, 0.25) is 0 Å². The van der Waals surface area contributed by atoms with Crippen LogP contribution in [0.5, 0.6) is 11.5 Å². The van der Waals surface area contributed by atoms with Crippen molar-refractivity contribution >= 4 is 23.8 Å². The first-order valence-electron chi connectivity index (χ1n) is 8.09. The number of rotatable bonds is 6. The summed E-state index contributed by atoms with van der Waals surface area (Å²) < 4.78 is 10.4. The number of benzene rings is 1. The SMILES string of the molecule is COc1cc(/C=C/C(=O)N(C2CC2)[C@H]2CC(=O)NC2=O)cc(OC)c1. The second kappa shape index (κ2) is 6.96. The van der Waals surface area contributed by atoms with E-state index in [0.29, 0.717) is 11.5 Å². The number of carbonyl (C=O) groups is 3. The van der Waals surface area contributed by atoms with Crippen molar-refractivity contribution in [3.05, 3.63) is 29.8 Å². The van der Waals surface area contributed by atoms with Gasteiger partial charge in [-0.25, -0.2) is 0 Å². The standard InChI is InChI=1S/C18H20N2O5/c1-24-13-7-11(8-14(9-13)25-2)3-6-17(22)20(12-4-5-12)15-10-16(21)19-18(15)23/h3,6-9,12,15H,4-5,10H2,1-2H3,(H,19,21,23)/b6-3+/t15-/m0/s1. The maximum atomic E-state index is 12.6. The molecule has 1 atom stereocenters. The maximum absolute atomic E-state index is 12.6. The van der Waals surface area contributed by atoms with E-state index in [9.17, 15) is 14.4 Å². The molecule has 2 fully saturated rings. The van der Waals surface area contributed by atoms with E-state index in [2.05, 4.69) is 5.32 Å². The zero-order valence-corrected chi connectivity index (χ0v) is 14.2. The molecule has 0 bridgehead atoms. The van der Waals surface area contributed by atoms with Crippen molar-refractivity contribution in [1.82, 2.24) is 10.2 Å². The van der Waals surface area contributed by atoms with E-state index in [1.54, 1.807) is 38.5 Å². The molecule has 0 aromatic heterocycles. The van der Waals surface area contributed by atoms with Gasteiger partial charge in [0.05, 0.1) is 20.6 Å². The molecule has 3 amide bonds. The number of hydrogen-bond acceptors (Lipinski definition) is 5. The van der Waals surface area contributed by atoms with Gasteiger partial charge in [-0.1, -0.05) is 0 Å². The van der Waals surface area contributed by atoms with Gasteiger partial charge in [-0.15, -0.1) is 0 Å². The Morgan fingerprint density at radius 3 is 2.28 bits per heavy atom. The Kier molecular flexibility index (Phi) is 4.74. The lowest BCUT2D eigenvalue weighted by Crippen LogP contribution is -2.45. The molecule has 0 unspecified atom stereocenters. The van der Waals surface area contributed by atoms with Crippen LogP contribution in [-0.2, 0) is 14.4 Å². The van der Waals surface area contributed by atoms with Crippen molar-refractivity contribution in [2.75, 3.05) is 14.2 Å². The molecule has 7 heteroatoms. The normalized spacial score (nSPS) is 19.8. The lowest BCUT2D eigenvalue weighted by atomic mass is 10.1. The predicted octanol–water partition coefficient (Wildman–Crippen LogP) is 1.12. The Balaban J connectivity index is 1.79. The van der Waals surface area contributed by atoms with E-state index in [-0.39, 0.29) is 24.3 Å². The maximum Gasteiger partial charge on any atom is 0.249 e. The molecule has 0 spiro atoms. The highest BCUT2D eigenvalue weighted by Crippen LogP contribution is 2.31. The van der Waals surface area contributed by atoms with E-state index >= 15 is 0 Å². The summed E-state index contributed by atoms with van der Waals surface area (Å²) in [5, 5.41) is 2.26. The molecule has 132 valence electrons. The van der Waals surface area contributed by atoms with Gasteiger partial charge in [0.1, 0.15) is 17.5 Å². The molecular formula is C18H20N2O5. The molecule has 7 nitrogen and oxygen atoms in total. The van der Waals surface area contributed by atoms with Gasteiger partial charge in [0.25, 0.3) is 0 Å². The van der Waals surface area contributed by atoms with Crippen LogP contribution in [-0.4, -0.2) is 48.9 Å². The number of imide groups is 1. The fourth-order valence-electron chi connectivity index (χ4n) is 2.88. The lowest BCUT2D eigenvalue weighted by Gasteiger charge is -2.25. The lowest BCUT2D eigenvalue weighted by molar-refractivity contribution is -0.135. The summed E-state index contributed by atoms with van der Waals surface area (Å²) >= 11 is 0. The molecule has 1 aromatic rings. The molecule has 2 aliphatic rings. The first kappa shape index (κ1) is 17.0. The minimum atomic E-state index is -0.711. The van der Waals surface area contributed by atoms with Crippen molar-refractivity contribution in [3.63, 3.8) is 0 Å². The quantitative estimate of drug-likeness (QED) is 0.617. The Labute approximate surface area is 145 Å². The minimum Gasteiger partial charge on any atom is -0.497 e. The van der Waals surface area contributed by atoms with Gasteiger partial charge in [0.15, 0.2) is 0 Å². The van der Waals surface area contributed by atoms with Crippen LogP contribution >= 0.6 is 0 Å². The van der Waals surface area contributed by atoms with Crippen LogP contribution in [0, 0.1) is 0 Å². The van der Waals surface area contributed by atoms with Crippen LogP contribution in [0.4, 0.5) is 0 Å². The van der Waals surface area contributed by atoms with Crippen molar-refractivity contribution in [1.29, 1.82) is 0 Å². The summed E-state index contributed by atoms with van der Waals surface area (Å²) in [6, 6.07) is 4.61. The van der Waals surface area contributed by atoms with Crippen LogP contribution < -0.4 is 14.8 Å². The Bertz CT molecular complexity index is 717. The van der Waals surface area contributed by atoms with Gasteiger partial charge in [-0.05, 0) is 36.6 Å². The number of methoxy groups -OCH3 is 2. The fourth-order valence-corrected chi connectivity index (χ4v) is 2.88. The highest BCUT2D eigenvalue weighted by Gasteiger charge is 2.43. The van der Waals surface area contributed by atoms with E-state index in [4.69, 9.17) is 9.47 Å². The highest BCUT2D eigenvalue weighted by atomic mass is 16.5. The average molecular weight is 344 g/mol. The molecule has 1 saturated heterocycles. The Hall–Kier alpha value is -2.83. The smallest absolute Gasteiger partial charge is 0.249 e. The predicted molar refractivity (Wildman–Crippen MR) is 90.0 cm³/mol. The average Bonchev–Trinajstić information content (AvgIpc) is 3.38. The van der Waals surface area contributed by atoms with Gasteiger partial charge in [-0.2, -0.15) is 0 Å². The molecule has 1 aliphatic heterocycles. The summed E-state index contributed by atoms with van der Waals surface area (Å²) in [7, 11) is 3.11. The van der Waals surface area contributed by atoms with Gasteiger partial charge in [0, 0.05) is 18.2 Å². The van der Waals surface area contributed by atoms with Gasteiger partial charge in [-0.3, -0.25) is 19.7 Å². The van der Waals surface area contributed by atoms with Crippen molar-refractivity contribution < 1.29 is 23.9 Å². The van der Waals surface area contributed by atoms with Gasteiger partial charge in [0.2, 0.25) is 17.7 Å². The zero-order chi connectivity index (χ0) is 18.0. The molecule has 1 N–H and O–H groups in total. The van der Waals surface area contributed by atoms with E-state index in [0.717, 1.165) is 18.4 Å². The minimum absolute atomic E-state index is 0.0265. The third-order valence-electron chi connectivity index (χ3n) is 4.27. The largest absolute Gasteiger partial charge is 0.497 e. The molecule has 3 rings (SSSR count). The summed E-state index contributed by atoms with van der Waals surface area (Å²) in [5.74, 6) is 0.216. The summed E-state index contributed by atoms with van der Waals surface area (Å²) in [6.45, 7) is 0. The fraction of sp³-hybridized carbons (Fsp3) is 0.389. The van der Waals surface area contributed by atoms with Crippen molar-refractivity contribution in [2.24, 2.45) is 0 Å². The Morgan fingerprint density at radius 2 is 1.80 bits per heavy atom. The Morgan fingerprint density at radius 1 is 1.16 bits per heavy atom. The molecular weight excluding hydrogens is 324 g/mol. The topological polar surface area (TPSA) is 84.9 Å². The number of carbonyl (C=O) groups excluding carboxylic acids is 3. The van der Waals surface area contributed by atoms with E-state index < -0.39 is 11.9 Å². The van der Waals surface area contributed by atoms with Gasteiger partial charge >= 0.3 is 0 Å².